The van der Waals surface area contributed by atoms with Gasteiger partial charge in [-0.05, 0) is 36.8 Å². The third kappa shape index (κ3) is 3.75. The van der Waals surface area contributed by atoms with E-state index in [1.54, 1.807) is 24.3 Å². The molecule has 20 heavy (non-hydrogen) atoms. The van der Waals surface area contributed by atoms with Crippen LogP contribution in [0.1, 0.15) is 18.5 Å². The molecule has 0 spiro atoms. The molecule has 106 valence electrons. The predicted octanol–water partition coefficient (Wildman–Crippen LogP) is 7.24. The Bertz CT molecular complexity index is 622. The van der Waals surface area contributed by atoms with Crippen LogP contribution in [0.15, 0.2) is 34.8 Å². The molecule has 2 rings (SSSR count). The van der Waals surface area contributed by atoms with Gasteiger partial charge < -0.3 is 5.32 Å². The van der Waals surface area contributed by atoms with Crippen LogP contribution in [0.5, 0.6) is 0 Å². The monoisotopic (exact) mass is 411 g/mol. The molecule has 0 radical (unpaired) electrons. The maximum atomic E-state index is 6.20. The van der Waals surface area contributed by atoms with Crippen LogP contribution in [0.3, 0.4) is 0 Å². The van der Waals surface area contributed by atoms with E-state index in [0.717, 1.165) is 10.0 Å². The van der Waals surface area contributed by atoms with Gasteiger partial charge in [0.05, 0.1) is 21.8 Å². The Kier molecular flexibility index (Phi) is 5.49. The third-order valence-corrected chi connectivity index (χ3v) is 4.41. The average Bonchev–Trinajstić information content (AvgIpc) is 2.33. The molecular formula is C14H10BrCl4N. The number of nitrogens with one attached hydrogen (secondary N) is 1. The fraction of sp³-hybridized carbons (Fsp3) is 0.143. The third-order valence-electron chi connectivity index (χ3n) is 2.80. The molecule has 0 saturated carbocycles. The molecule has 1 N–H and O–H groups in total. The summed E-state index contributed by atoms with van der Waals surface area (Å²) in [5.41, 5.74) is 1.60. The van der Waals surface area contributed by atoms with E-state index in [-0.39, 0.29) is 6.04 Å². The summed E-state index contributed by atoms with van der Waals surface area (Å²) in [5.74, 6) is 0. The van der Waals surface area contributed by atoms with E-state index in [1.807, 2.05) is 13.0 Å². The fourth-order valence-electron chi connectivity index (χ4n) is 1.83. The second-order valence-electron chi connectivity index (χ2n) is 4.28. The van der Waals surface area contributed by atoms with Gasteiger partial charge in [0.1, 0.15) is 0 Å². The molecule has 6 heteroatoms. The lowest BCUT2D eigenvalue weighted by Crippen LogP contribution is -2.08. The summed E-state index contributed by atoms with van der Waals surface area (Å²) in [6, 6.07) is 8.89. The van der Waals surface area contributed by atoms with Gasteiger partial charge in [-0.2, -0.15) is 0 Å². The fourth-order valence-corrected chi connectivity index (χ4v) is 3.72. The molecule has 2 aromatic rings. The van der Waals surface area contributed by atoms with Gasteiger partial charge in [-0.3, -0.25) is 0 Å². The maximum absolute atomic E-state index is 6.20. The lowest BCUT2D eigenvalue weighted by molar-refractivity contribution is 0.885. The van der Waals surface area contributed by atoms with Crippen LogP contribution in [-0.4, -0.2) is 0 Å². The molecule has 0 aliphatic carbocycles. The van der Waals surface area contributed by atoms with Crippen LogP contribution in [0.25, 0.3) is 0 Å². The van der Waals surface area contributed by atoms with Gasteiger partial charge in [0.25, 0.3) is 0 Å². The van der Waals surface area contributed by atoms with Crippen LogP contribution < -0.4 is 5.32 Å². The molecule has 1 unspecified atom stereocenters. The van der Waals surface area contributed by atoms with Crippen molar-refractivity contribution in [2.45, 2.75) is 13.0 Å². The Hall–Kier alpha value is -0.120. The Morgan fingerprint density at radius 2 is 1.55 bits per heavy atom. The van der Waals surface area contributed by atoms with Crippen LogP contribution in [0, 0.1) is 0 Å². The zero-order valence-corrected chi connectivity index (χ0v) is 15.0. The van der Waals surface area contributed by atoms with Crippen molar-refractivity contribution in [1.29, 1.82) is 0 Å². The second kappa shape index (κ2) is 6.76. The lowest BCUT2D eigenvalue weighted by Gasteiger charge is -2.19. The van der Waals surface area contributed by atoms with Gasteiger partial charge in [0.2, 0.25) is 0 Å². The van der Waals surface area contributed by atoms with Crippen molar-refractivity contribution in [3.05, 3.63) is 60.5 Å². The van der Waals surface area contributed by atoms with E-state index in [2.05, 4.69) is 21.2 Å². The van der Waals surface area contributed by atoms with E-state index >= 15 is 0 Å². The minimum Gasteiger partial charge on any atom is -0.376 e. The number of hydrogen-bond acceptors (Lipinski definition) is 1. The first kappa shape index (κ1) is 16.3. The minimum absolute atomic E-state index is 0.0593. The molecule has 0 heterocycles. The van der Waals surface area contributed by atoms with Crippen LogP contribution in [-0.2, 0) is 0 Å². The molecule has 0 bridgehead atoms. The van der Waals surface area contributed by atoms with Gasteiger partial charge in [-0.15, -0.1) is 0 Å². The second-order valence-corrected chi connectivity index (χ2v) is 6.85. The Balaban J connectivity index is 2.30. The highest BCUT2D eigenvalue weighted by atomic mass is 79.9. The predicted molar refractivity (Wildman–Crippen MR) is 92.7 cm³/mol. The van der Waals surface area contributed by atoms with Crippen molar-refractivity contribution in [3.63, 3.8) is 0 Å². The molecule has 0 saturated heterocycles. The molecular weight excluding hydrogens is 404 g/mol. The van der Waals surface area contributed by atoms with Crippen molar-refractivity contribution in [2.24, 2.45) is 0 Å². The van der Waals surface area contributed by atoms with Crippen molar-refractivity contribution in [3.8, 4) is 0 Å². The van der Waals surface area contributed by atoms with Gasteiger partial charge in [-0.1, -0.05) is 68.4 Å². The van der Waals surface area contributed by atoms with Crippen LogP contribution >= 0.6 is 62.3 Å². The minimum atomic E-state index is -0.0593. The van der Waals surface area contributed by atoms with Crippen molar-refractivity contribution in [1.82, 2.24) is 0 Å². The smallest absolute Gasteiger partial charge is 0.0724 e. The number of hydrogen-bond donors (Lipinski definition) is 1. The standard InChI is InChI=1S/C14H10BrCl4N/c1-7(10-3-2-9(16)6-11(10)17)20-14-12(18)4-8(15)5-13(14)19/h2-7,20H,1H3. The molecule has 2 aromatic carbocycles. The molecule has 0 aliphatic heterocycles. The highest BCUT2D eigenvalue weighted by Crippen LogP contribution is 2.37. The summed E-state index contributed by atoms with van der Waals surface area (Å²) in [5, 5.41) is 5.56. The molecule has 0 aromatic heterocycles. The number of benzene rings is 2. The lowest BCUT2D eigenvalue weighted by atomic mass is 10.1. The van der Waals surface area contributed by atoms with Crippen molar-refractivity contribution in [2.75, 3.05) is 5.32 Å². The maximum Gasteiger partial charge on any atom is 0.0724 e. The molecule has 1 atom stereocenters. The summed E-state index contributed by atoms with van der Waals surface area (Å²) < 4.78 is 0.829. The SMILES string of the molecule is CC(Nc1c(Cl)cc(Br)cc1Cl)c1ccc(Cl)cc1Cl. The first-order valence-electron chi connectivity index (χ1n) is 5.74. The summed E-state index contributed by atoms with van der Waals surface area (Å²) in [6.07, 6.45) is 0. The normalized spacial score (nSPS) is 12.3. The first-order valence-corrected chi connectivity index (χ1v) is 8.05. The van der Waals surface area contributed by atoms with Gasteiger partial charge in [0, 0.05) is 14.5 Å². The van der Waals surface area contributed by atoms with Crippen LogP contribution in [0.4, 0.5) is 5.69 Å². The largest absolute Gasteiger partial charge is 0.376 e. The Morgan fingerprint density at radius 3 is 2.10 bits per heavy atom. The topological polar surface area (TPSA) is 12.0 Å². The molecule has 1 nitrogen and oxygen atoms in total. The molecule has 0 fully saturated rings. The summed E-state index contributed by atoms with van der Waals surface area (Å²) in [7, 11) is 0. The van der Waals surface area contributed by atoms with E-state index in [1.165, 1.54) is 0 Å². The number of halogens is 5. The van der Waals surface area contributed by atoms with Crippen molar-refractivity contribution >= 4 is 68.0 Å². The zero-order valence-electron chi connectivity index (χ0n) is 10.4. The van der Waals surface area contributed by atoms with Crippen molar-refractivity contribution < 1.29 is 0 Å². The quantitative estimate of drug-likeness (QED) is 0.559. The average molecular weight is 414 g/mol. The van der Waals surface area contributed by atoms with E-state index in [4.69, 9.17) is 46.4 Å². The number of rotatable bonds is 3. The first-order chi connectivity index (χ1) is 9.38. The van der Waals surface area contributed by atoms with Gasteiger partial charge in [-0.25, -0.2) is 0 Å². The summed E-state index contributed by atoms with van der Waals surface area (Å²) >= 11 is 27.8. The van der Waals surface area contributed by atoms with Gasteiger partial charge >= 0.3 is 0 Å². The van der Waals surface area contributed by atoms with E-state index in [9.17, 15) is 0 Å². The van der Waals surface area contributed by atoms with Gasteiger partial charge in [0.15, 0.2) is 0 Å². The Morgan fingerprint density at radius 1 is 0.950 bits per heavy atom. The number of anilines is 1. The summed E-state index contributed by atoms with van der Waals surface area (Å²) in [6.45, 7) is 1.98. The molecule has 0 amide bonds. The summed E-state index contributed by atoms with van der Waals surface area (Å²) in [4.78, 5) is 0. The Labute approximate surface area is 146 Å². The zero-order chi connectivity index (χ0) is 14.9. The molecule has 0 aliphatic rings. The van der Waals surface area contributed by atoms with E-state index in [0.29, 0.717) is 25.8 Å². The highest BCUT2D eigenvalue weighted by molar-refractivity contribution is 9.10. The van der Waals surface area contributed by atoms with Crippen LogP contribution in [0.2, 0.25) is 20.1 Å². The van der Waals surface area contributed by atoms with E-state index < -0.39 is 0 Å². The highest BCUT2D eigenvalue weighted by Gasteiger charge is 2.14.